The Balaban J connectivity index is 1.41. The predicted molar refractivity (Wildman–Crippen MR) is 121 cm³/mol. The van der Waals surface area contributed by atoms with E-state index in [1.54, 1.807) is 6.20 Å². The summed E-state index contributed by atoms with van der Waals surface area (Å²) in [4.78, 5) is 25.5. The van der Waals surface area contributed by atoms with Gasteiger partial charge in [0.05, 0.1) is 6.54 Å². The van der Waals surface area contributed by atoms with Crippen LogP contribution in [-0.2, 0) is 11.3 Å². The van der Waals surface area contributed by atoms with E-state index in [9.17, 15) is 4.79 Å². The predicted octanol–water partition coefficient (Wildman–Crippen LogP) is 2.76. The van der Waals surface area contributed by atoms with Crippen LogP contribution >= 0.6 is 0 Å². The number of carbonyl (C=O) groups is 1. The minimum absolute atomic E-state index is 0.0479. The van der Waals surface area contributed by atoms with Gasteiger partial charge in [-0.3, -0.25) is 9.36 Å². The van der Waals surface area contributed by atoms with Crippen LogP contribution in [-0.4, -0.2) is 39.5 Å². The Morgan fingerprint density at radius 2 is 2.10 bits per heavy atom. The van der Waals surface area contributed by atoms with Crippen molar-refractivity contribution >= 4 is 17.6 Å². The molecule has 0 spiro atoms. The van der Waals surface area contributed by atoms with Gasteiger partial charge in [0.25, 0.3) is 0 Å². The van der Waals surface area contributed by atoms with Crippen LogP contribution in [0, 0.1) is 6.92 Å². The average molecular weight is 418 g/mol. The molecule has 160 valence electrons. The number of rotatable bonds is 6. The number of guanidine groups is 1. The van der Waals surface area contributed by atoms with Crippen molar-refractivity contribution in [1.82, 2.24) is 25.2 Å². The summed E-state index contributed by atoms with van der Waals surface area (Å²) >= 11 is 0. The van der Waals surface area contributed by atoms with Crippen molar-refractivity contribution in [2.45, 2.75) is 32.7 Å². The van der Waals surface area contributed by atoms with Gasteiger partial charge in [0, 0.05) is 49.7 Å². The lowest BCUT2D eigenvalue weighted by Gasteiger charge is -2.26. The van der Waals surface area contributed by atoms with E-state index in [1.807, 2.05) is 61.1 Å². The molecule has 1 aliphatic rings. The van der Waals surface area contributed by atoms with Crippen LogP contribution in [0.5, 0.6) is 0 Å². The number of anilines is 1. The highest BCUT2D eigenvalue weighted by atomic mass is 16.1. The number of nitrogens with zero attached hydrogens (tertiary/aromatic N) is 4. The third-order valence-electron chi connectivity index (χ3n) is 5.27. The maximum Gasteiger partial charge on any atom is 0.225 e. The number of para-hydroxylation sites is 1. The lowest BCUT2D eigenvalue weighted by molar-refractivity contribution is -0.116. The topological polar surface area (TPSA) is 96.2 Å². The number of pyridine rings is 1. The molecule has 0 saturated heterocycles. The highest BCUT2D eigenvalue weighted by molar-refractivity contribution is 5.94. The number of benzene rings is 1. The SMILES string of the molecule is CCNC(=NCc1ccc(-n2ccnc2C)nc1)NCC1CC(=O)Nc2ccccc21. The van der Waals surface area contributed by atoms with E-state index in [2.05, 4.69) is 37.0 Å². The number of aryl methyl sites for hydroxylation is 1. The number of aromatic nitrogens is 3. The van der Waals surface area contributed by atoms with Crippen LogP contribution < -0.4 is 16.0 Å². The van der Waals surface area contributed by atoms with E-state index in [-0.39, 0.29) is 11.8 Å². The molecular weight excluding hydrogens is 390 g/mol. The summed E-state index contributed by atoms with van der Waals surface area (Å²) in [6.07, 6.45) is 5.95. The molecule has 31 heavy (non-hydrogen) atoms. The van der Waals surface area contributed by atoms with Crippen LogP contribution in [0.4, 0.5) is 5.69 Å². The molecule has 4 rings (SSSR count). The molecule has 1 amide bonds. The Bertz CT molecular complexity index is 1070. The fourth-order valence-electron chi connectivity index (χ4n) is 3.69. The molecule has 3 aromatic rings. The van der Waals surface area contributed by atoms with E-state index in [4.69, 9.17) is 0 Å². The van der Waals surface area contributed by atoms with E-state index >= 15 is 0 Å². The molecule has 0 bridgehead atoms. The van der Waals surface area contributed by atoms with Gasteiger partial charge in [0.1, 0.15) is 11.6 Å². The first-order valence-electron chi connectivity index (χ1n) is 10.5. The zero-order chi connectivity index (χ0) is 21.6. The van der Waals surface area contributed by atoms with Gasteiger partial charge < -0.3 is 16.0 Å². The van der Waals surface area contributed by atoms with Crippen LogP contribution in [0.2, 0.25) is 0 Å². The maximum atomic E-state index is 12.1. The van der Waals surface area contributed by atoms with Crippen molar-refractivity contribution in [2.24, 2.45) is 4.99 Å². The average Bonchev–Trinajstić information content (AvgIpc) is 3.21. The fourth-order valence-corrected chi connectivity index (χ4v) is 3.69. The molecule has 2 aromatic heterocycles. The second-order valence-corrected chi connectivity index (χ2v) is 7.48. The molecule has 1 aromatic carbocycles. The number of imidazole rings is 1. The zero-order valence-corrected chi connectivity index (χ0v) is 17.8. The van der Waals surface area contributed by atoms with E-state index < -0.39 is 0 Å². The minimum atomic E-state index is 0.0479. The van der Waals surface area contributed by atoms with Crippen molar-refractivity contribution in [3.05, 3.63) is 71.9 Å². The van der Waals surface area contributed by atoms with Gasteiger partial charge in [-0.05, 0) is 37.1 Å². The normalized spacial score (nSPS) is 15.9. The molecule has 0 fully saturated rings. The van der Waals surface area contributed by atoms with E-state index in [0.29, 0.717) is 19.5 Å². The summed E-state index contributed by atoms with van der Waals surface area (Å²) in [5, 5.41) is 9.61. The Labute approximate surface area is 181 Å². The molecule has 8 heteroatoms. The van der Waals surface area contributed by atoms with Crippen molar-refractivity contribution in [3.8, 4) is 5.82 Å². The first kappa shape index (κ1) is 20.6. The van der Waals surface area contributed by atoms with Crippen molar-refractivity contribution < 1.29 is 4.79 Å². The Morgan fingerprint density at radius 3 is 2.84 bits per heavy atom. The Hall–Kier alpha value is -3.68. The first-order valence-corrected chi connectivity index (χ1v) is 10.5. The van der Waals surface area contributed by atoms with Crippen molar-refractivity contribution in [1.29, 1.82) is 0 Å². The van der Waals surface area contributed by atoms with Gasteiger partial charge >= 0.3 is 0 Å². The van der Waals surface area contributed by atoms with E-state index in [0.717, 1.165) is 41.0 Å². The number of aliphatic imine (C=N–C) groups is 1. The summed E-state index contributed by atoms with van der Waals surface area (Å²) in [7, 11) is 0. The Morgan fingerprint density at radius 1 is 1.23 bits per heavy atom. The molecule has 3 heterocycles. The van der Waals surface area contributed by atoms with Crippen LogP contribution in [0.25, 0.3) is 5.82 Å². The number of nitrogens with one attached hydrogen (secondary N) is 3. The summed E-state index contributed by atoms with van der Waals surface area (Å²) in [5.74, 6) is 2.61. The van der Waals surface area contributed by atoms with Gasteiger partial charge in [-0.2, -0.15) is 0 Å². The third-order valence-corrected chi connectivity index (χ3v) is 5.27. The molecule has 3 N–H and O–H groups in total. The second-order valence-electron chi connectivity index (χ2n) is 7.48. The van der Waals surface area contributed by atoms with Gasteiger partial charge in [0.2, 0.25) is 5.91 Å². The quantitative estimate of drug-likeness (QED) is 0.423. The van der Waals surface area contributed by atoms with Gasteiger partial charge in [0.15, 0.2) is 5.96 Å². The number of carbonyl (C=O) groups excluding carboxylic acids is 1. The summed E-state index contributed by atoms with van der Waals surface area (Å²) in [5.41, 5.74) is 3.06. The first-order chi connectivity index (χ1) is 15.1. The minimum Gasteiger partial charge on any atom is -0.357 e. The Kier molecular flexibility index (Phi) is 6.26. The largest absolute Gasteiger partial charge is 0.357 e. The lowest BCUT2D eigenvalue weighted by atomic mass is 9.90. The number of amides is 1. The standard InChI is InChI=1S/C23H27N7O/c1-3-24-23(28-15-18-12-22(31)29-20-7-5-4-6-19(18)20)27-14-17-8-9-21(26-13-17)30-11-10-25-16(30)2/h4-11,13,18H,3,12,14-15H2,1-2H3,(H,29,31)(H2,24,27,28). The summed E-state index contributed by atoms with van der Waals surface area (Å²) in [6, 6.07) is 12.0. The number of hydrogen-bond acceptors (Lipinski definition) is 4. The van der Waals surface area contributed by atoms with Crippen LogP contribution in [0.15, 0.2) is 60.0 Å². The van der Waals surface area contributed by atoms with Crippen molar-refractivity contribution in [3.63, 3.8) is 0 Å². The molecule has 1 aliphatic heterocycles. The molecule has 0 saturated carbocycles. The molecule has 0 aliphatic carbocycles. The maximum absolute atomic E-state index is 12.1. The fraction of sp³-hybridized carbons (Fsp3) is 0.304. The lowest BCUT2D eigenvalue weighted by Crippen LogP contribution is -2.40. The smallest absolute Gasteiger partial charge is 0.225 e. The number of hydrogen-bond donors (Lipinski definition) is 3. The summed E-state index contributed by atoms with van der Waals surface area (Å²) < 4.78 is 1.94. The number of fused-ring (bicyclic) bond motifs is 1. The highest BCUT2D eigenvalue weighted by Crippen LogP contribution is 2.31. The van der Waals surface area contributed by atoms with Crippen molar-refractivity contribution in [2.75, 3.05) is 18.4 Å². The van der Waals surface area contributed by atoms with Gasteiger partial charge in [-0.1, -0.05) is 24.3 Å². The molecule has 8 nitrogen and oxygen atoms in total. The molecule has 1 unspecified atom stereocenters. The molecular formula is C23H27N7O. The van der Waals surface area contributed by atoms with Crippen LogP contribution in [0.1, 0.15) is 36.2 Å². The monoisotopic (exact) mass is 417 g/mol. The molecule has 1 atom stereocenters. The highest BCUT2D eigenvalue weighted by Gasteiger charge is 2.24. The van der Waals surface area contributed by atoms with E-state index in [1.165, 1.54) is 0 Å². The zero-order valence-electron chi connectivity index (χ0n) is 17.8. The second kappa shape index (κ2) is 9.42. The molecule has 0 radical (unpaired) electrons. The van der Waals surface area contributed by atoms with Crippen LogP contribution in [0.3, 0.4) is 0 Å². The third kappa shape index (κ3) is 4.91. The van der Waals surface area contributed by atoms with Gasteiger partial charge in [-0.25, -0.2) is 15.0 Å². The van der Waals surface area contributed by atoms with Gasteiger partial charge in [-0.15, -0.1) is 0 Å². The summed E-state index contributed by atoms with van der Waals surface area (Å²) in [6.45, 7) is 5.87.